The van der Waals surface area contributed by atoms with E-state index in [1.807, 2.05) is 0 Å². The van der Waals surface area contributed by atoms with E-state index in [1.54, 1.807) is 59.3 Å². The van der Waals surface area contributed by atoms with Crippen molar-refractivity contribution in [2.75, 3.05) is 0 Å². The summed E-state index contributed by atoms with van der Waals surface area (Å²) in [5, 5.41) is 11.4. The van der Waals surface area contributed by atoms with Gasteiger partial charge in [-0.3, -0.25) is 24.6 Å². The molecule has 1 saturated heterocycles. The number of nitrogens with zero attached hydrogens (tertiary/aromatic N) is 3. The van der Waals surface area contributed by atoms with Crippen molar-refractivity contribution in [3.05, 3.63) is 97.1 Å². The van der Waals surface area contributed by atoms with Crippen molar-refractivity contribution in [2.45, 2.75) is 6.54 Å². The summed E-state index contributed by atoms with van der Waals surface area (Å²) in [7, 11) is 0. The van der Waals surface area contributed by atoms with E-state index < -0.39 is 16.1 Å². The Bertz CT molecular complexity index is 1250. The lowest BCUT2D eigenvalue weighted by Crippen LogP contribution is -2.27. The zero-order chi connectivity index (χ0) is 22.1. The van der Waals surface area contributed by atoms with E-state index in [0.29, 0.717) is 27.0 Å². The molecule has 3 aromatic rings. The standard InChI is InChI=1S/C21H13Cl2N3O4S/c22-17-7-6-13(9-18(17)23)12-25-20(27)19(31-21(25)28)11-15-5-2-8-24(15)14-3-1-4-16(10-14)26(29)30/h1-11H,12H2/b19-11+. The molecule has 1 aliphatic heterocycles. The van der Waals surface area contributed by atoms with Crippen LogP contribution in [0.5, 0.6) is 0 Å². The fraction of sp³-hybridized carbons (Fsp3) is 0.0476. The maximum atomic E-state index is 12.8. The minimum atomic E-state index is -0.471. The topological polar surface area (TPSA) is 85.5 Å². The van der Waals surface area contributed by atoms with Gasteiger partial charge in [-0.2, -0.15) is 0 Å². The second-order valence-corrected chi connectivity index (χ2v) is 8.40. The molecule has 0 saturated carbocycles. The van der Waals surface area contributed by atoms with Gasteiger partial charge in [-0.25, -0.2) is 0 Å². The third-order valence-corrected chi connectivity index (χ3v) is 6.22. The highest BCUT2D eigenvalue weighted by atomic mass is 35.5. The van der Waals surface area contributed by atoms with Crippen molar-refractivity contribution >= 4 is 57.9 Å². The predicted molar refractivity (Wildman–Crippen MR) is 120 cm³/mol. The summed E-state index contributed by atoms with van der Waals surface area (Å²) in [6.45, 7) is 0.0742. The molecule has 0 unspecified atom stereocenters. The minimum absolute atomic E-state index is 0.0425. The normalized spacial score (nSPS) is 15.2. The molecule has 0 spiro atoms. The number of amides is 2. The van der Waals surface area contributed by atoms with Crippen molar-refractivity contribution in [3.63, 3.8) is 0 Å². The maximum absolute atomic E-state index is 12.8. The average molecular weight is 474 g/mol. The second-order valence-electron chi connectivity index (χ2n) is 6.60. The highest BCUT2D eigenvalue weighted by Crippen LogP contribution is 2.34. The van der Waals surface area contributed by atoms with Gasteiger partial charge in [0.25, 0.3) is 16.8 Å². The van der Waals surface area contributed by atoms with Crippen LogP contribution in [-0.2, 0) is 11.3 Å². The molecule has 1 aliphatic rings. The second kappa shape index (κ2) is 8.58. The molecule has 156 valence electrons. The first-order valence-electron chi connectivity index (χ1n) is 8.95. The summed E-state index contributed by atoms with van der Waals surface area (Å²) < 4.78 is 1.71. The monoisotopic (exact) mass is 473 g/mol. The molecule has 2 heterocycles. The number of nitro benzene ring substituents is 1. The first kappa shape index (κ1) is 21.2. The number of halogens is 2. The summed E-state index contributed by atoms with van der Waals surface area (Å²) in [4.78, 5) is 37.3. The SMILES string of the molecule is O=C1S/C(=C/c2cccn2-c2cccc([N+](=O)[O-])c2)C(=O)N1Cc1ccc(Cl)c(Cl)c1. The van der Waals surface area contributed by atoms with Crippen molar-refractivity contribution < 1.29 is 14.5 Å². The number of rotatable bonds is 5. The van der Waals surface area contributed by atoms with Crippen LogP contribution in [0.2, 0.25) is 10.0 Å². The number of hydrogen-bond donors (Lipinski definition) is 0. The molecule has 4 rings (SSSR count). The zero-order valence-corrected chi connectivity index (χ0v) is 18.0. The maximum Gasteiger partial charge on any atom is 0.293 e. The molecule has 0 bridgehead atoms. The van der Waals surface area contributed by atoms with Gasteiger partial charge in [0.2, 0.25) is 0 Å². The Morgan fingerprint density at radius 2 is 1.84 bits per heavy atom. The van der Waals surface area contributed by atoms with Crippen LogP contribution in [0.4, 0.5) is 10.5 Å². The molecule has 2 aromatic carbocycles. The lowest BCUT2D eigenvalue weighted by atomic mass is 10.2. The molecule has 0 atom stereocenters. The van der Waals surface area contributed by atoms with Gasteiger partial charge in [-0.15, -0.1) is 0 Å². The van der Waals surface area contributed by atoms with Crippen LogP contribution in [0, 0.1) is 10.1 Å². The van der Waals surface area contributed by atoms with Crippen LogP contribution >= 0.6 is 35.0 Å². The number of hydrogen-bond acceptors (Lipinski definition) is 5. The van der Waals surface area contributed by atoms with Crippen molar-refractivity contribution in [1.82, 2.24) is 9.47 Å². The fourth-order valence-electron chi connectivity index (χ4n) is 3.09. The van der Waals surface area contributed by atoms with E-state index in [1.165, 1.54) is 12.1 Å². The minimum Gasteiger partial charge on any atom is -0.317 e. The third kappa shape index (κ3) is 4.36. The van der Waals surface area contributed by atoms with Crippen molar-refractivity contribution in [1.29, 1.82) is 0 Å². The lowest BCUT2D eigenvalue weighted by Gasteiger charge is -2.13. The molecule has 0 aliphatic carbocycles. The molecule has 0 N–H and O–H groups in total. The van der Waals surface area contributed by atoms with E-state index in [0.717, 1.165) is 16.7 Å². The van der Waals surface area contributed by atoms with E-state index in [4.69, 9.17) is 23.2 Å². The number of thioether (sulfide) groups is 1. The first-order valence-corrected chi connectivity index (χ1v) is 10.5. The Morgan fingerprint density at radius 1 is 1.03 bits per heavy atom. The smallest absolute Gasteiger partial charge is 0.293 e. The van der Waals surface area contributed by atoms with Gasteiger partial charge in [0.1, 0.15) is 0 Å². The van der Waals surface area contributed by atoms with E-state index >= 15 is 0 Å². The van der Waals surface area contributed by atoms with Crippen molar-refractivity contribution in [2.24, 2.45) is 0 Å². The van der Waals surface area contributed by atoms with Crippen LogP contribution in [-0.4, -0.2) is 25.5 Å². The number of nitro groups is 1. The molecule has 2 amide bonds. The molecule has 31 heavy (non-hydrogen) atoms. The molecular formula is C21H13Cl2N3O4S. The summed E-state index contributed by atoms with van der Waals surface area (Å²) in [6, 6.07) is 14.6. The van der Waals surface area contributed by atoms with E-state index in [-0.39, 0.29) is 17.1 Å². The van der Waals surface area contributed by atoms with Crippen LogP contribution in [0.3, 0.4) is 0 Å². The highest BCUT2D eigenvalue weighted by Gasteiger charge is 2.35. The Labute approximate surface area is 191 Å². The summed E-state index contributed by atoms with van der Waals surface area (Å²) >= 11 is 12.8. The number of non-ortho nitro benzene ring substituents is 1. The number of aromatic nitrogens is 1. The summed E-state index contributed by atoms with van der Waals surface area (Å²) in [6.07, 6.45) is 3.32. The fourth-order valence-corrected chi connectivity index (χ4v) is 4.24. The molecule has 7 nitrogen and oxygen atoms in total. The third-order valence-electron chi connectivity index (χ3n) is 4.58. The molecule has 0 radical (unpaired) electrons. The Balaban J connectivity index is 1.61. The molecule has 1 aromatic heterocycles. The van der Waals surface area contributed by atoms with Gasteiger partial charge in [0, 0.05) is 24.0 Å². The number of benzene rings is 2. The molecule has 1 fully saturated rings. The molecular weight excluding hydrogens is 461 g/mol. The van der Waals surface area contributed by atoms with Crippen LogP contribution < -0.4 is 0 Å². The van der Waals surface area contributed by atoms with Gasteiger partial charge in [0.15, 0.2) is 0 Å². The quantitative estimate of drug-likeness (QED) is 0.260. The number of carbonyl (C=O) groups excluding carboxylic acids is 2. The van der Waals surface area contributed by atoms with Crippen LogP contribution in [0.15, 0.2) is 65.7 Å². The Hall–Kier alpha value is -3.07. The predicted octanol–water partition coefficient (Wildman–Crippen LogP) is 5.93. The van der Waals surface area contributed by atoms with Gasteiger partial charge < -0.3 is 4.57 Å². The highest BCUT2D eigenvalue weighted by molar-refractivity contribution is 8.18. The summed E-state index contributed by atoms with van der Waals surface area (Å²) in [5.41, 5.74) is 1.82. The van der Waals surface area contributed by atoms with Gasteiger partial charge in [0.05, 0.1) is 32.1 Å². The lowest BCUT2D eigenvalue weighted by molar-refractivity contribution is -0.384. The van der Waals surface area contributed by atoms with Crippen LogP contribution in [0.1, 0.15) is 11.3 Å². The van der Waals surface area contributed by atoms with Gasteiger partial charge in [-0.05, 0) is 53.7 Å². The molecule has 10 heteroatoms. The summed E-state index contributed by atoms with van der Waals surface area (Å²) in [5.74, 6) is -0.423. The Morgan fingerprint density at radius 3 is 2.58 bits per heavy atom. The zero-order valence-electron chi connectivity index (χ0n) is 15.7. The van der Waals surface area contributed by atoms with Gasteiger partial charge >= 0.3 is 0 Å². The first-order chi connectivity index (χ1) is 14.8. The van der Waals surface area contributed by atoms with E-state index in [2.05, 4.69) is 0 Å². The van der Waals surface area contributed by atoms with Crippen molar-refractivity contribution in [3.8, 4) is 5.69 Å². The number of carbonyl (C=O) groups is 2. The number of imide groups is 1. The van der Waals surface area contributed by atoms with Crippen LogP contribution in [0.25, 0.3) is 11.8 Å². The Kier molecular flexibility index (Phi) is 5.86. The van der Waals surface area contributed by atoms with Gasteiger partial charge in [-0.1, -0.05) is 35.3 Å². The van der Waals surface area contributed by atoms with E-state index in [9.17, 15) is 19.7 Å². The average Bonchev–Trinajstić information content (AvgIpc) is 3.31. The largest absolute Gasteiger partial charge is 0.317 e.